The third-order valence-electron chi connectivity index (χ3n) is 7.95. The molecule has 2 heterocycles. The third-order valence-corrected chi connectivity index (χ3v) is 10.6. The number of nitriles is 1. The average Bonchev–Trinajstić information content (AvgIpc) is 2.93. The molecule has 2 fully saturated rings. The smallest absolute Gasteiger partial charge is 0.245 e. The summed E-state index contributed by atoms with van der Waals surface area (Å²) in [5.74, 6) is -0.627. The van der Waals surface area contributed by atoms with Gasteiger partial charge in [0, 0.05) is 27.6 Å². The van der Waals surface area contributed by atoms with Crippen molar-refractivity contribution in [1.29, 1.82) is 5.26 Å². The summed E-state index contributed by atoms with van der Waals surface area (Å²) in [4.78, 5) is 19.8. The molecule has 1 atom stereocenters. The minimum absolute atomic E-state index is 0.0507. The topological polar surface area (TPSA) is 94.4 Å². The van der Waals surface area contributed by atoms with E-state index in [4.69, 9.17) is 0 Å². The Morgan fingerprint density at radius 2 is 1.85 bits per heavy atom. The summed E-state index contributed by atoms with van der Waals surface area (Å²) in [5.41, 5.74) is 2.60. The second kappa shape index (κ2) is 11.9. The molecule has 1 aromatic heterocycles. The zero-order valence-electron chi connectivity index (χ0n) is 22.2. The SMILES string of the molecule is Cc1c(F)cc(S(=O)(=O)N2CC[C@@H]2C(=O)N(Cc2ccc(C3CCCCC3)cn2)c2ccc(I)cc2)cc1C#N. The number of carbonyl (C=O) groups excluding carboxylic acids is 1. The summed E-state index contributed by atoms with van der Waals surface area (Å²) >= 11 is 2.19. The minimum Gasteiger partial charge on any atom is -0.305 e. The molecule has 40 heavy (non-hydrogen) atoms. The summed E-state index contributed by atoms with van der Waals surface area (Å²) in [6, 6.07) is 14.5. The van der Waals surface area contributed by atoms with Crippen molar-refractivity contribution < 1.29 is 17.6 Å². The van der Waals surface area contributed by atoms with Gasteiger partial charge in [0.05, 0.1) is 28.8 Å². The predicted octanol–water partition coefficient (Wildman–Crippen LogP) is 6.05. The Morgan fingerprint density at radius 1 is 1.12 bits per heavy atom. The van der Waals surface area contributed by atoms with E-state index in [1.165, 1.54) is 50.7 Å². The van der Waals surface area contributed by atoms with Crippen LogP contribution < -0.4 is 4.90 Å². The van der Waals surface area contributed by atoms with Crippen LogP contribution in [0.5, 0.6) is 0 Å². The van der Waals surface area contributed by atoms with E-state index in [9.17, 15) is 22.9 Å². The number of sulfonamides is 1. The fraction of sp³-hybridized carbons (Fsp3) is 0.367. The molecular weight excluding hydrogens is 642 g/mol. The van der Waals surface area contributed by atoms with Crippen LogP contribution >= 0.6 is 22.6 Å². The van der Waals surface area contributed by atoms with Crippen LogP contribution in [0.3, 0.4) is 0 Å². The van der Waals surface area contributed by atoms with Gasteiger partial charge in [-0.15, -0.1) is 0 Å². The first-order chi connectivity index (χ1) is 19.2. The summed E-state index contributed by atoms with van der Waals surface area (Å²) in [5, 5.41) is 9.34. The van der Waals surface area contributed by atoms with Crippen molar-refractivity contribution in [1.82, 2.24) is 9.29 Å². The summed E-state index contributed by atoms with van der Waals surface area (Å²) in [7, 11) is -4.20. The van der Waals surface area contributed by atoms with Gasteiger partial charge in [0.15, 0.2) is 0 Å². The molecule has 0 N–H and O–H groups in total. The molecule has 2 aromatic carbocycles. The first-order valence-electron chi connectivity index (χ1n) is 13.4. The maximum Gasteiger partial charge on any atom is 0.245 e. The summed E-state index contributed by atoms with van der Waals surface area (Å²) in [6.45, 7) is 1.74. The zero-order chi connectivity index (χ0) is 28.4. The van der Waals surface area contributed by atoms with Gasteiger partial charge >= 0.3 is 0 Å². The zero-order valence-corrected chi connectivity index (χ0v) is 25.2. The Bertz CT molecular complexity index is 1550. The predicted molar refractivity (Wildman–Crippen MR) is 159 cm³/mol. The van der Waals surface area contributed by atoms with Crippen molar-refractivity contribution in [3.63, 3.8) is 0 Å². The molecule has 10 heteroatoms. The van der Waals surface area contributed by atoms with Gasteiger partial charge in [-0.3, -0.25) is 9.78 Å². The van der Waals surface area contributed by atoms with Gasteiger partial charge in [0.25, 0.3) is 0 Å². The van der Waals surface area contributed by atoms with Crippen LogP contribution in [-0.2, 0) is 21.4 Å². The highest BCUT2D eigenvalue weighted by Gasteiger charge is 2.45. The molecule has 0 bridgehead atoms. The first kappa shape index (κ1) is 28.6. The molecule has 1 aliphatic heterocycles. The van der Waals surface area contributed by atoms with Gasteiger partial charge in [0.1, 0.15) is 11.9 Å². The lowest BCUT2D eigenvalue weighted by molar-refractivity contribution is -0.125. The Kier molecular flexibility index (Phi) is 8.54. The quantitative estimate of drug-likeness (QED) is 0.285. The lowest BCUT2D eigenvalue weighted by Gasteiger charge is -2.41. The molecule has 1 aliphatic carbocycles. The van der Waals surface area contributed by atoms with E-state index in [1.54, 1.807) is 4.90 Å². The number of carbonyl (C=O) groups is 1. The van der Waals surface area contributed by atoms with Crippen LogP contribution in [0.1, 0.15) is 66.8 Å². The van der Waals surface area contributed by atoms with Crippen molar-refractivity contribution in [3.8, 4) is 6.07 Å². The number of amides is 1. The van der Waals surface area contributed by atoms with Crippen molar-refractivity contribution in [3.05, 3.63) is 86.5 Å². The van der Waals surface area contributed by atoms with Crippen LogP contribution in [0, 0.1) is 27.6 Å². The molecule has 1 amide bonds. The van der Waals surface area contributed by atoms with Gasteiger partial charge in [-0.25, -0.2) is 12.8 Å². The molecule has 1 saturated carbocycles. The Hall–Kier alpha value is -2.88. The van der Waals surface area contributed by atoms with Crippen molar-refractivity contribution in [2.45, 2.75) is 68.8 Å². The summed E-state index contributed by atoms with van der Waals surface area (Å²) in [6.07, 6.45) is 8.32. The number of aromatic nitrogens is 1. The maximum absolute atomic E-state index is 14.5. The number of hydrogen-bond donors (Lipinski definition) is 0. The van der Waals surface area contributed by atoms with Crippen molar-refractivity contribution >= 4 is 44.2 Å². The number of hydrogen-bond acceptors (Lipinski definition) is 5. The number of anilines is 1. The van der Waals surface area contributed by atoms with Crippen LogP contribution in [0.2, 0.25) is 0 Å². The Morgan fingerprint density at radius 3 is 2.45 bits per heavy atom. The Balaban J connectivity index is 1.41. The van der Waals surface area contributed by atoms with Gasteiger partial charge in [0.2, 0.25) is 15.9 Å². The third kappa shape index (κ3) is 5.78. The maximum atomic E-state index is 14.5. The van der Waals surface area contributed by atoms with Crippen LogP contribution in [0.25, 0.3) is 0 Å². The van der Waals surface area contributed by atoms with E-state index in [1.807, 2.05) is 42.6 Å². The van der Waals surface area contributed by atoms with Crippen LogP contribution in [0.15, 0.2) is 59.6 Å². The highest BCUT2D eigenvalue weighted by Crippen LogP contribution is 2.34. The lowest BCUT2D eigenvalue weighted by atomic mass is 9.85. The lowest BCUT2D eigenvalue weighted by Crippen LogP contribution is -2.59. The monoisotopic (exact) mass is 672 g/mol. The van der Waals surface area contributed by atoms with E-state index < -0.39 is 21.9 Å². The van der Waals surface area contributed by atoms with Crippen LogP contribution in [0.4, 0.5) is 10.1 Å². The molecule has 5 rings (SSSR count). The van der Waals surface area contributed by atoms with Crippen LogP contribution in [-0.4, -0.2) is 36.2 Å². The fourth-order valence-electron chi connectivity index (χ4n) is 5.42. The van der Waals surface area contributed by atoms with E-state index in [0.29, 0.717) is 23.7 Å². The number of halogens is 2. The molecule has 2 aliphatic rings. The van der Waals surface area contributed by atoms with E-state index in [-0.39, 0.29) is 35.0 Å². The molecule has 0 radical (unpaired) electrons. The van der Waals surface area contributed by atoms with E-state index in [2.05, 4.69) is 33.6 Å². The fourth-order valence-corrected chi connectivity index (χ4v) is 7.44. The highest BCUT2D eigenvalue weighted by molar-refractivity contribution is 14.1. The van der Waals surface area contributed by atoms with Crippen molar-refractivity contribution in [2.75, 3.05) is 11.4 Å². The number of benzene rings is 2. The molecule has 0 spiro atoms. The summed E-state index contributed by atoms with van der Waals surface area (Å²) < 4.78 is 43.5. The molecule has 3 aromatic rings. The first-order valence-corrected chi connectivity index (χ1v) is 15.9. The number of pyridine rings is 1. The molecule has 0 unspecified atom stereocenters. The second-order valence-electron chi connectivity index (χ2n) is 10.4. The van der Waals surface area contributed by atoms with Gasteiger partial charge in [-0.2, -0.15) is 9.57 Å². The van der Waals surface area contributed by atoms with Crippen molar-refractivity contribution in [2.24, 2.45) is 0 Å². The molecule has 7 nitrogen and oxygen atoms in total. The average molecular weight is 673 g/mol. The normalized spacial score (nSPS) is 18.1. The second-order valence-corrected chi connectivity index (χ2v) is 13.6. The number of rotatable bonds is 7. The number of nitrogens with zero attached hydrogens (tertiary/aromatic N) is 4. The van der Waals surface area contributed by atoms with E-state index >= 15 is 0 Å². The molecule has 1 saturated heterocycles. The molecule has 208 valence electrons. The molecular formula is C30H30FIN4O3S. The largest absolute Gasteiger partial charge is 0.305 e. The Labute approximate surface area is 248 Å². The minimum atomic E-state index is -4.20. The van der Waals surface area contributed by atoms with Gasteiger partial charge in [-0.05, 0) is 103 Å². The van der Waals surface area contributed by atoms with Gasteiger partial charge < -0.3 is 4.90 Å². The highest BCUT2D eigenvalue weighted by atomic mass is 127. The van der Waals surface area contributed by atoms with Gasteiger partial charge in [-0.1, -0.05) is 25.3 Å². The van der Waals surface area contributed by atoms with E-state index in [0.717, 1.165) is 13.9 Å². The standard InChI is InChI=1S/C30H30FIN4O3S/c1-20-23(17-33)15-27(16-28(20)31)40(38,39)36-14-13-29(36)30(37)35(26-11-8-24(32)9-12-26)19-25-10-7-22(18-34-25)21-5-3-2-4-6-21/h7-12,15-16,18,21,29H,2-6,13-14,19H2,1H3/t29-/m1/s1.